The normalized spacial score (nSPS) is 21.4. The lowest BCUT2D eigenvalue weighted by Gasteiger charge is -2.39. The van der Waals surface area contributed by atoms with Gasteiger partial charge in [0, 0.05) is 43.0 Å². The molecule has 2 unspecified atom stereocenters. The lowest BCUT2D eigenvalue weighted by molar-refractivity contribution is 0.189. The van der Waals surface area contributed by atoms with E-state index in [0.717, 1.165) is 43.0 Å². The van der Waals surface area contributed by atoms with Crippen molar-refractivity contribution in [2.24, 2.45) is 0 Å². The molecule has 0 N–H and O–H groups in total. The van der Waals surface area contributed by atoms with Gasteiger partial charge in [-0.3, -0.25) is 4.90 Å². The molecule has 0 saturated carbocycles. The summed E-state index contributed by atoms with van der Waals surface area (Å²) < 4.78 is 27.5. The molecule has 1 fully saturated rings. The average Bonchev–Trinajstić information content (AvgIpc) is 3.02. The van der Waals surface area contributed by atoms with Crippen LogP contribution in [0.3, 0.4) is 0 Å². The van der Waals surface area contributed by atoms with E-state index in [9.17, 15) is 8.78 Å². The first kappa shape index (κ1) is 17.4. The predicted molar refractivity (Wildman–Crippen MR) is 108 cm³/mol. The summed E-state index contributed by atoms with van der Waals surface area (Å²) in [6.45, 7) is 2.79. The van der Waals surface area contributed by atoms with Gasteiger partial charge in [0.25, 0.3) is 0 Å². The first-order chi connectivity index (χ1) is 13.7. The topological polar surface area (TPSA) is 6.48 Å². The number of nitrogens with zero attached hydrogens (tertiary/aromatic N) is 2. The van der Waals surface area contributed by atoms with Gasteiger partial charge in [-0.2, -0.15) is 0 Å². The fourth-order valence-corrected chi connectivity index (χ4v) is 4.76. The van der Waals surface area contributed by atoms with Crippen LogP contribution in [-0.4, -0.2) is 24.0 Å². The Morgan fingerprint density at radius 3 is 2.39 bits per heavy atom. The molecular weight excluding hydrogens is 354 g/mol. The molecule has 0 amide bonds. The first-order valence-corrected chi connectivity index (χ1v) is 9.79. The summed E-state index contributed by atoms with van der Waals surface area (Å²) in [6, 6.07) is 22.5. The molecule has 0 radical (unpaired) electrons. The molecule has 4 heteroatoms. The molecule has 28 heavy (non-hydrogen) atoms. The van der Waals surface area contributed by atoms with Crippen LogP contribution in [0.25, 0.3) is 0 Å². The standard InChI is InChI=1S/C24H22F2N2/c25-18-6-9-20(10-7-18)28-23-11-8-19(26)14-21(23)22-16-27(13-12-24(22)28)15-17-4-2-1-3-5-17/h1-11,14,22,24H,12-13,15-16H2. The van der Waals surface area contributed by atoms with Crippen LogP contribution in [0.1, 0.15) is 23.5 Å². The maximum Gasteiger partial charge on any atom is 0.123 e. The third-order valence-corrected chi connectivity index (χ3v) is 5.99. The van der Waals surface area contributed by atoms with Crippen LogP contribution in [0, 0.1) is 11.6 Å². The van der Waals surface area contributed by atoms with Crippen molar-refractivity contribution in [3.05, 3.63) is 95.6 Å². The summed E-state index contributed by atoms with van der Waals surface area (Å²) in [5, 5.41) is 0. The van der Waals surface area contributed by atoms with E-state index in [1.807, 2.05) is 24.3 Å². The molecule has 2 atom stereocenters. The number of rotatable bonds is 3. The molecule has 0 spiro atoms. The van der Waals surface area contributed by atoms with Crippen molar-refractivity contribution < 1.29 is 8.78 Å². The summed E-state index contributed by atoms with van der Waals surface area (Å²) >= 11 is 0. The van der Waals surface area contributed by atoms with Gasteiger partial charge in [0.1, 0.15) is 11.6 Å². The summed E-state index contributed by atoms with van der Waals surface area (Å²) in [5.74, 6) is -0.191. The molecule has 3 aromatic carbocycles. The van der Waals surface area contributed by atoms with Gasteiger partial charge in [0.2, 0.25) is 0 Å². The van der Waals surface area contributed by atoms with E-state index in [2.05, 4.69) is 34.1 Å². The number of benzene rings is 3. The predicted octanol–water partition coefficient (Wildman–Crippen LogP) is 5.47. The van der Waals surface area contributed by atoms with E-state index in [-0.39, 0.29) is 23.6 Å². The second-order valence-corrected chi connectivity index (χ2v) is 7.73. The zero-order valence-corrected chi connectivity index (χ0v) is 15.6. The van der Waals surface area contributed by atoms with Gasteiger partial charge >= 0.3 is 0 Å². The molecule has 5 rings (SSSR count). The van der Waals surface area contributed by atoms with Crippen molar-refractivity contribution in [2.45, 2.75) is 24.9 Å². The molecule has 2 nitrogen and oxygen atoms in total. The van der Waals surface area contributed by atoms with E-state index in [0.29, 0.717) is 0 Å². The largest absolute Gasteiger partial charge is 0.337 e. The van der Waals surface area contributed by atoms with E-state index in [1.54, 1.807) is 6.07 Å². The molecule has 0 bridgehead atoms. The molecular formula is C24H22F2N2. The number of fused-ring (bicyclic) bond motifs is 3. The summed E-state index contributed by atoms with van der Waals surface area (Å²) in [7, 11) is 0. The van der Waals surface area contributed by atoms with E-state index in [4.69, 9.17) is 0 Å². The Balaban J connectivity index is 1.47. The average molecular weight is 376 g/mol. The molecule has 0 aromatic heterocycles. The van der Waals surface area contributed by atoms with Crippen molar-refractivity contribution in [3.63, 3.8) is 0 Å². The third-order valence-electron chi connectivity index (χ3n) is 5.99. The van der Waals surface area contributed by atoms with Gasteiger partial charge in [-0.15, -0.1) is 0 Å². The SMILES string of the molecule is Fc1ccc(N2c3ccc(F)cc3C3CN(Cc4ccccc4)CCC32)cc1. The van der Waals surface area contributed by atoms with Gasteiger partial charge in [0.05, 0.1) is 0 Å². The zero-order valence-electron chi connectivity index (χ0n) is 15.6. The molecule has 3 aromatic rings. The van der Waals surface area contributed by atoms with Crippen LogP contribution < -0.4 is 4.90 Å². The maximum atomic E-state index is 14.1. The molecule has 1 saturated heterocycles. The molecule has 0 aliphatic carbocycles. The first-order valence-electron chi connectivity index (χ1n) is 9.79. The van der Waals surface area contributed by atoms with Crippen molar-refractivity contribution in [3.8, 4) is 0 Å². The Kier molecular flexibility index (Phi) is 4.36. The smallest absolute Gasteiger partial charge is 0.123 e. The summed E-state index contributed by atoms with van der Waals surface area (Å²) in [5.41, 5.74) is 4.38. The van der Waals surface area contributed by atoms with Gasteiger partial charge in [0.15, 0.2) is 0 Å². The number of piperidine rings is 1. The number of likely N-dealkylation sites (tertiary alicyclic amines) is 1. The van der Waals surface area contributed by atoms with Crippen LogP contribution in [0.5, 0.6) is 0 Å². The number of halogens is 2. The van der Waals surface area contributed by atoms with Crippen LogP contribution >= 0.6 is 0 Å². The lowest BCUT2D eigenvalue weighted by atomic mass is 9.88. The molecule has 2 aliphatic heterocycles. The fraction of sp³-hybridized carbons (Fsp3) is 0.250. The highest BCUT2D eigenvalue weighted by molar-refractivity contribution is 5.73. The fourth-order valence-electron chi connectivity index (χ4n) is 4.76. The van der Waals surface area contributed by atoms with Gasteiger partial charge in [-0.1, -0.05) is 30.3 Å². The summed E-state index contributed by atoms with van der Waals surface area (Å²) in [4.78, 5) is 4.73. The van der Waals surface area contributed by atoms with Crippen LogP contribution in [-0.2, 0) is 6.54 Å². The van der Waals surface area contributed by atoms with E-state index in [1.165, 1.54) is 23.8 Å². The molecule has 2 aliphatic rings. The highest BCUT2D eigenvalue weighted by Crippen LogP contribution is 2.48. The van der Waals surface area contributed by atoms with E-state index < -0.39 is 0 Å². The highest BCUT2D eigenvalue weighted by atomic mass is 19.1. The third kappa shape index (κ3) is 3.08. The minimum atomic E-state index is -0.239. The van der Waals surface area contributed by atoms with Crippen molar-refractivity contribution in [1.29, 1.82) is 0 Å². The van der Waals surface area contributed by atoms with Crippen molar-refractivity contribution in [2.75, 3.05) is 18.0 Å². The minimum Gasteiger partial charge on any atom is -0.337 e. The van der Waals surface area contributed by atoms with Crippen LogP contribution in [0.2, 0.25) is 0 Å². The summed E-state index contributed by atoms with van der Waals surface area (Å²) in [6.07, 6.45) is 0.991. The van der Waals surface area contributed by atoms with Gasteiger partial charge in [-0.05, 0) is 60.0 Å². The van der Waals surface area contributed by atoms with E-state index >= 15 is 0 Å². The second kappa shape index (κ2) is 7.02. The maximum absolute atomic E-state index is 14.1. The second-order valence-electron chi connectivity index (χ2n) is 7.73. The lowest BCUT2D eigenvalue weighted by Crippen LogP contribution is -2.44. The quantitative estimate of drug-likeness (QED) is 0.598. The van der Waals surface area contributed by atoms with Crippen LogP contribution in [0.4, 0.5) is 20.2 Å². The Morgan fingerprint density at radius 2 is 1.61 bits per heavy atom. The number of hydrogen-bond acceptors (Lipinski definition) is 2. The Bertz CT molecular complexity index is 972. The van der Waals surface area contributed by atoms with Crippen molar-refractivity contribution in [1.82, 2.24) is 4.90 Å². The number of hydrogen-bond donors (Lipinski definition) is 0. The van der Waals surface area contributed by atoms with Crippen LogP contribution in [0.15, 0.2) is 72.8 Å². The van der Waals surface area contributed by atoms with Gasteiger partial charge < -0.3 is 4.90 Å². The Labute approximate surface area is 164 Å². The Morgan fingerprint density at radius 1 is 0.857 bits per heavy atom. The monoisotopic (exact) mass is 376 g/mol. The number of anilines is 2. The zero-order chi connectivity index (χ0) is 19.1. The van der Waals surface area contributed by atoms with Gasteiger partial charge in [-0.25, -0.2) is 8.78 Å². The van der Waals surface area contributed by atoms with Crippen molar-refractivity contribution >= 4 is 11.4 Å². The minimum absolute atomic E-state index is 0.196. The molecule has 2 heterocycles. The molecule has 142 valence electrons. The highest BCUT2D eigenvalue weighted by Gasteiger charge is 2.42. The Hall–Kier alpha value is -2.72.